The molecule has 94 valence electrons. The Hall–Kier alpha value is -1.87. The normalized spacial score (nSPS) is 10.4. The fourth-order valence-corrected chi connectivity index (χ4v) is 1.89. The van der Waals surface area contributed by atoms with Crippen molar-refractivity contribution in [2.45, 2.75) is 20.4 Å². The van der Waals surface area contributed by atoms with E-state index in [0.717, 1.165) is 17.9 Å². The maximum Gasteiger partial charge on any atom is 0.219 e. The van der Waals surface area contributed by atoms with E-state index in [0.29, 0.717) is 5.88 Å². The van der Waals surface area contributed by atoms with Gasteiger partial charge in [0.1, 0.15) is 5.75 Å². The van der Waals surface area contributed by atoms with Crippen LogP contribution in [-0.4, -0.2) is 12.0 Å². The summed E-state index contributed by atoms with van der Waals surface area (Å²) in [5.74, 6) is 1.46. The Morgan fingerprint density at radius 2 is 1.83 bits per heavy atom. The molecule has 2 aromatic rings. The highest BCUT2D eigenvalue weighted by atomic mass is 16.5. The molecule has 0 amide bonds. The summed E-state index contributed by atoms with van der Waals surface area (Å²) in [6, 6.07) is 10.1. The van der Waals surface area contributed by atoms with Gasteiger partial charge in [0.15, 0.2) is 0 Å². The number of aryl methyl sites for hydroxylation is 2. The number of pyridine rings is 1. The van der Waals surface area contributed by atoms with Crippen LogP contribution in [0.15, 0.2) is 36.5 Å². The van der Waals surface area contributed by atoms with Crippen LogP contribution >= 0.6 is 0 Å². The minimum absolute atomic E-state index is 0.625. The number of hydrogen-bond donors (Lipinski definition) is 1. The topological polar surface area (TPSA) is 34.1 Å². The number of ether oxygens (including phenoxy) is 1. The smallest absolute Gasteiger partial charge is 0.219 e. The first-order chi connectivity index (χ1) is 8.67. The highest BCUT2D eigenvalue weighted by Gasteiger charge is 2.01. The highest BCUT2D eigenvalue weighted by molar-refractivity contribution is 5.35. The summed E-state index contributed by atoms with van der Waals surface area (Å²) < 4.78 is 5.74. The number of nitrogens with one attached hydrogen (secondary N) is 1. The first-order valence-electron chi connectivity index (χ1n) is 6.03. The zero-order chi connectivity index (χ0) is 13.0. The van der Waals surface area contributed by atoms with Gasteiger partial charge in [-0.15, -0.1) is 0 Å². The first-order valence-corrected chi connectivity index (χ1v) is 6.03. The van der Waals surface area contributed by atoms with Crippen molar-refractivity contribution in [3.8, 4) is 11.6 Å². The molecule has 3 nitrogen and oxygen atoms in total. The number of rotatable bonds is 4. The Bertz CT molecular complexity index is 500. The van der Waals surface area contributed by atoms with Gasteiger partial charge in [-0.1, -0.05) is 12.1 Å². The average molecular weight is 242 g/mol. The van der Waals surface area contributed by atoms with Crippen molar-refractivity contribution in [1.29, 1.82) is 0 Å². The lowest BCUT2D eigenvalue weighted by Crippen LogP contribution is -2.05. The van der Waals surface area contributed by atoms with Gasteiger partial charge < -0.3 is 10.1 Å². The van der Waals surface area contributed by atoms with Gasteiger partial charge in [0.25, 0.3) is 0 Å². The van der Waals surface area contributed by atoms with Crippen LogP contribution in [0, 0.1) is 13.8 Å². The van der Waals surface area contributed by atoms with Crippen LogP contribution in [0.3, 0.4) is 0 Å². The summed E-state index contributed by atoms with van der Waals surface area (Å²) in [5, 5.41) is 3.09. The maximum atomic E-state index is 5.74. The minimum Gasteiger partial charge on any atom is -0.439 e. The van der Waals surface area contributed by atoms with Gasteiger partial charge in [0, 0.05) is 18.8 Å². The van der Waals surface area contributed by atoms with Gasteiger partial charge in [-0.3, -0.25) is 0 Å². The van der Waals surface area contributed by atoms with E-state index in [1.807, 2.05) is 37.5 Å². The molecule has 1 aromatic heterocycles. The zero-order valence-electron chi connectivity index (χ0n) is 11.0. The van der Waals surface area contributed by atoms with E-state index in [1.54, 1.807) is 0 Å². The third kappa shape index (κ3) is 3.31. The summed E-state index contributed by atoms with van der Waals surface area (Å²) in [4.78, 5) is 4.29. The van der Waals surface area contributed by atoms with Crippen molar-refractivity contribution in [1.82, 2.24) is 10.3 Å². The van der Waals surface area contributed by atoms with E-state index in [4.69, 9.17) is 4.74 Å². The second kappa shape index (κ2) is 5.65. The second-order valence-electron chi connectivity index (χ2n) is 4.46. The lowest BCUT2D eigenvalue weighted by atomic mass is 10.1. The molecule has 1 heterocycles. The van der Waals surface area contributed by atoms with E-state index < -0.39 is 0 Å². The summed E-state index contributed by atoms with van der Waals surface area (Å²) >= 11 is 0. The van der Waals surface area contributed by atoms with Crippen LogP contribution < -0.4 is 10.1 Å². The quantitative estimate of drug-likeness (QED) is 0.894. The van der Waals surface area contributed by atoms with Crippen LogP contribution in [0.1, 0.15) is 16.7 Å². The van der Waals surface area contributed by atoms with E-state index in [9.17, 15) is 0 Å². The second-order valence-corrected chi connectivity index (χ2v) is 4.46. The van der Waals surface area contributed by atoms with Crippen LogP contribution in [0.5, 0.6) is 11.6 Å². The molecule has 0 aliphatic heterocycles. The average Bonchev–Trinajstić information content (AvgIpc) is 2.31. The van der Waals surface area contributed by atoms with Crippen molar-refractivity contribution in [3.05, 3.63) is 53.2 Å². The molecule has 0 bridgehead atoms. The first kappa shape index (κ1) is 12.6. The number of benzene rings is 1. The molecule has 0 unspecified atom stereocenters. The van der Waals surface area contributed by atoms with Crippen LogP contribution in [-0.2, 0) is 6.54 Å². The third-order valence-electron chi connectivity index (χ3n) is 2.60. The Morgan fingerprint density at radius 1 is 1.11 bits per heavy atom. The summed E-state index contributed by atoms with van der Waals surface area (Å²) in [5.41, 5.74) is 3.53. The van der Waals surface area contributed by atoms with Crippen LogP contribution in [0.2, 0.25) is 0 Å². The monoisotopic (exact) mass is 242 g/mol. The predicted octanol–water partition coefficient (Wildman–Crippen LogP) is 3.21. The van der Waals surface area contributed by atoms with Crippen molar-refractivity contribution in [2.75, 3.05) is 7.05 Å². The van der Waals surface area contributed by atoms with E-state index >= 15 is 0 Å². The van der Waals surface area contributed by atoms with Crippen molar-refractivity contribution in [2.24, 2.45) is 0 Å². The van der Waals surface area contributed by atoms with Crippen LogP contribution in [0.4, 0.5) is 0 Å². The highest BCUT2D eigenvalue weighted by Crippen LogP contribution is 2.22. The molecular weight excluding hydrogens is 224 g/mol. The molecule has 0 fully saturated rings. The van der Waals surface area contributed by atoms with E-state index in [2.05, 4.69) is 30.2 Å². The lowest BCUT2D eigenvalue weighted by Gasteiger charge is -2.07. The van der Waals surface area contributed by atoms with Crippen molar-refractivity contribution < 1.29 is 4.74 Å². The Morgan fingerprint density at radius 3 is 2.39 bits per heavy atom. The van der Waals surface area contributed by atoms with Crippen molar-refractivity contribution in [3.63, 3.8) is 0 Å². The van der Waals surface area contributed by atoms with E-state index in [-0.39, 0.29) is 0 Å². The molecule has 18 heavy (non-hydrogen) atoms. The summed E-state index contributed by atoms with van der Waals surface area (Å²) in [6.45, 7) is 4.93. The SMILES string of the molecule is CNCc1ccc(Oc2cc(C)cc(C)c2)nc1. The number of nitrogens with zero attached hydrogens (tertiary/aromatic N) is 1. The van der Waals surface area contributed by atoms with E-state index in [1.165, 1.54) is 11.1 Å². The van der Waals surface area contributed by atoms with Gasteiger partial charge in [0.2, 0.25) is 5.88 Å². The molecule has 0 atom stereocenters. The lowest BCUT2D eigenvalue weighted by molar-refractivity contribution is 0.461. The number of aromatic nitrogens is 1. The molecule has 0 spiro atoms. The molecule has 2 rings (SSSR count). The summed E-state index contributed by atoms with van der Waals surface area (Å²) in [6.07, 6.45) is 1.83. The molecule has 0 aliphatic carbocycles. The standard InChI is InChI=1S/C15H18N2O/c1-11-6-12(2)8-14(7-11)18-15-5-4-13(9-16-3)10-17-15/h4-8,10,16H,9H2,1-3H3. The molecule has 0 saturated heterocycles. The summed E-state index contributed by atoms with van der Waals surface area (Å²) in [7, 11) is 1.92. The number of hydrogen-bond acceptors (Lipinski definition) is 3. The Labute approximate surface area is 108 Å². The van der Waals surface area contributed by atoms with Gasteiger partial charge in [-0.05, 0) is 49.7 Å². The van der Waals surface area contributed by atoms with Gasteiger partial charge in [-0.2, -0.15) is 0 Å². The molecule has 1 N–H and O–H groups in total. The Kier molecular flexibility index (Phi) is 3.95. The molecule has 0 aliphatic rings. The minimum atomic E-state index is 0.625. The molecule has 0 radical (unpaired) electrons. The molecule has 0 saturated carbocycles. The fraction of sp³-hybridized carbons (Fsp3) is 0.267. The fourth-order valence-electron chi connectivity index (χ4n) is 1.89. The zero-order valence-corrected chi connectivity index (χ0v) is 11.0. The predicted molar refractivity (Wildman–Crippen MR) is 73.0 cm³/mol. The van der Waals surface area contributed by atoms with Crippen molar-refractivity contribution >= 4 is 0 Å². The van der Waals surface area contributed by atoms with Crippen LogP contribution in [0.25, 0.3) is 0 Å². The third-order valence-corrected chi connectivity index (χ3v) is 2.60. The van der Waals surface area contributed by atoms with Gasteiger partial charge >= 0.3 is 0 Å². The van der Waals surface area contributed by atoms with Gasteiger partial charge in [0.05, 0.1) is 0 Å². The largest absolute Gasteiger partial charge is 0.439 e. The molecular formula is C15H18N2O. The molecule has 3 heteroatoms. The Balaban J connectivity index is 2.13. The molecule has 1 aromatic carbocycles. The van der Waals surface area contributed by atoms with Gasteiger partial charge in [-0.25, -0.2) is 4.98 Å². The maximum absolute atomic E-state index is 5.74.